The van der Waals surface area contributed by atoms with Crippen LogP contribution >= 0.6 is 0 Å². The van der Waals surface area contributed by atoms with Crippen LogP contribution in [-0.4, -0.2) is 31.9 Å². The van der Waals surface area contributed by atoms with Crippen molar-refractivity contribution < 1.29 is 39.6 Å². The number of halogens is 6. The van der Waals surface area contributed by atoms with E-state index in [1.165, 1.54) is 37.3 Å². The van der Waals surface area contributed by atoms with Crippen molar-refractivity contribution in [2.75, 3.05) is 6.54 Å². The first-order chi connectivity index (χ1) is 14.7. The Bertz CT molecular complexity index is 1110. The van der Waals surface area contributed by atoms with Crippen molar-refractivity contribution in [1.29, 1.82) is 0 Å². The molecule has 1 aliphatic rings. The third-order valence-corrected chi connectivity index (χ3v) is 6.64. The van der Waals surface area contributed by atoms with Gasteiger partial charge < -0.3 is 4.90 Å². The summed E-state index contributed by atoms with van der Waals surface area (Å²) in [5.74, 6) is -1.95. The molecule has 0 aliphatic carbocycles. The number of benzene rings is 2. The van der Waals surface area contributed by atoms with Gasteiger partial charge in [0.1, 0.15) is 0 Å². The Labute approximate surface area is 180 Å². The summed E-state index contributed by atoms with van der Waals surface area (Å²) in [4.78, 5) is 11.9. The summed E-state index contributed by atoms with van der Waals surface area (Å²) >= 11 is 0. The zero-order valence-electron chi connectivity index (χ0n) is 16.6. The van der Waals surface area contributed by atoms with Gasteiger partial charge in [-0.3, -0.25) is 4.79 Å². The van der Waals surface area contributed by atoms with Crippen LogP contribution in [0, 0.1) is 0 Å². The molecule has 0 bridgehead atoms. The predicted molar refractivity (Wildman–Crippen MR) is 102 cm³/mol. The van der Waals surface area contributed by atoms with E-state index in [-0.39, 0.29) is 24.4 Å². The fourth-order valence-corrected chi connectivity index (χ4v) is 4.66. The maximum atomic E-state index is 12.7. The highest BCUT2D eigenvalue weighted by Crippen LogP contribution is 2.30. The molecular formula is C20H18F6N2O3S. The number of amides is 1. The number of nitrogens with zero attached hydrogens (tertiary/aromatic N) is 1. The van der Waals surface area contributed by atoms with Crippen LogP contribution in [0.1, 0.15) is 35.2 Å². The number of nitrogens with one attached hydrogen (secondary N) is 1. The van der Waals surface area contributed by atoms with Crippen molar-refractivity contribution in [1.82, 2.24) is 9.62 Å². The second-order valence-electron chi connectivity index (χ2n) is 7.37. The molecule has 1 unspecified atom stereocenters. The molecule has 3 rings (SSSR count). The first-order valence-corrected chi connectivity index (χ1v) is 10.8. The Morgan fingerprint density at radius 2 is 1.62 bits per heavy atom. The topological polar surface area (TPSA) is 66.5 Å². The third kappa shape index (κ3) is 5.23. The molecule has 32 heavy (non-hydrogen) atoms. The second-order valence-corrected chi connectivity index (χ2v) is 9.08. The molecule has 2 aromatic carbocycles. The SMILES string of the molecule is CC(NS(=O)(=O)c1ccc2c(c1)CCN(C(=O)C(F)(F)F)C2)c1ccc(C(F)(F)F)cc1. The molecule has 1 N–H and O–H groups in total. The fourth-order valence-electron chi connectivity index (χ4n) is 3.38. The molecule has 174 valence electrons. The Morgan fingerprint density at radius 3 is 2.19 bits per heavy atom. The third-order valence-electron chi connectivity index (χ3n) is 5.10. The van der Waals surface area contributed by atoms with Crippen molar-refractivity contribution in [2.45, 2.75) is 43.2 Å². The lowest BCUT2D eigenvalue weighted by atomic mass is 10.00. The van der Waals surface area contributed by atoms with Crippen LogP contribution in [0.15, 0.2) is 47.4 Å². The average Bonchev–Trinajstić information content (AvgIpc) is 2.71. The number of hydrogen-bond acceptors (Lipinski definition) is 3. The van der Waals surface area contributed by atoms with Crippen molar-refractivity contribution >= 4 is 15.9 Å². The Balaban J connectivity index is 1.75. The summed E-state index contributed by atoms with van der Waals surface area (Å²) in [7, 11) is -4.07. The highest BCUT2D eigenvalue weighted by atomic mass is 32.2. The molecule has 0 radical (unpaired) electrons. The Hall–Kier alpha value is -2.60. The summed E-state index contributed by atoms with van der Waals surface area (Å²) < 4.78 is 104. The van der Waals surface area contributed by atoms with Gasteiger partial charge in [0.05, 0.1) is 10.5 Å². The van der Waals surface area contributed by atoms with Gasteiger partial charge in [0.25, 0.3) is 0 Å². The van der Waals surface area contributed by atoms with E-state index in [9.17, 15) is 39.6 Å². The Morgan fingerprint density at radius 1 is 1.00 bits per heavy atom. The normalized spacial score (nSPS) is 15.9. The molecule has 0 fully saturated rings. The van der Waals surface area contributed by atoms with E-state index < -0.39 is 39.9 Å². The molecule has 12 heteroatoms. The number of fused-ring (bicyclic) bond motifs is 1. The van der Waals surface area contributed by atoms with Gasteiger partial charge in [-0.2, -0.15) is 26.3 Å². The average molecular weight is 480 g/mol. The summed E-state index contributed by atoms with van der Waals surface area (Å²) in [5.41, 5.74) is 0.370. The van der Waals surface area contributed by atoms with Gasteiger partial charge in [0, 0.05) is 19.1 Å². The van der Waals surface area contributed by atoms with Crippen LogP contribution in [0.4, 0.5) is 26.3 Å². The molecule has 1 amide bonds. The zero-order valence-corrected chi connectivity index (χ0v) is 17.4. The predicted octanol–water partition coefficient (Wildman–Crippen LogP) is 4.19. The second kappa shape index (κ2) is 8.39. The molecule has 5 nitrogen and oxygen atoms in total. The van der Waals surface area contributed by atoms with Gasteiger partial charge in [-0.15, -0.1) is 0 Å². The summed E-state index contributed by atoms with van der Waals surface area (Å²) in [6, 6.07) is 7.11. The van der Waals surface area contributed by atoms with Crippen LogP contribution in [0.25, 0.3) is 0 Å². The van der Waals surface area contributed by atoms with Crippen molar-refractivity contribution in [3.05, 3.63) is 64.7 Å². The lowest BCUT2D eigenvalue weighted by Gasteiger charge is -2.29. The van der Waals surface area contributed by atoms with Crippen LogP contribution in [0.3, 0.4) is 0 Å². The maximum absolute atomic E-state index is 12.7. The number of carbonyl (C=O) groups excluding carboxylic acids is 1. The van der Waals surface area contributed by atoms with Crippen LogP contribution in [0.2, 0.25) is 0 Å². The lowest BCUT2D eigenvalue weighted by Crippen LogP contribution is -2.43. The zero-order chi connectivity index (χ0) is 23.9. The van der Waals surface area contributed by atoms with E-state index in [4.69, 9.17) is 0 Å². The number of alkyl halides is 6. The molecule has 0 saturated heterocycles. The summed E-state index contributed by atoms with van der Waals surface area (Å²) in [6.45, 7) is 0.979. The van der Waals surface area contributed by atoms with Crippen LogP contribution in [0.5, 0.6) is 0 Å². The van der Waals surface area contributed by atoms with Crippen molar-refractivity contribution in [2.24, 2.45) is 0 Å². The van der Waals surface area contributed by atoms with Crippen LogP contribution in [-0.2, 0) is 34.0 Å². The van der Waals surface area contributed by atoms with E-state index in [0.29, 0.717) is 21.6 Å². The van der Waals surface area contributed by atoms with Crippen LogP contribution < -0.4 is 4.72 Å². The molecule has 1 atom stereocenters. The van der Waals surface area contributed by atoms with Crippen molar-refractivity contribution in [3.63, 3.8) is 0 Å². The molecule has 0 aromatic heterocycles. The molecule has 1 heterocycles. The number of sulfonamides is 1. The van der Waals surface area contributed by atoms with Gasteiger partial charge in [0.15, 0.2) is 0 Å². The minimum Gasteiger partial charge on any atom is -0.330 e. The maximum Gasteiger partial charge on any atom is 0.471 e. The molecular weight excluding hydrogens is 462 g/mol. The van der Waals surface area contributed by atoms with E-state index in [2.05, 4.69) is 4.72 Å². The summed E-state index contributed by atoms with van der Waals surface area (Å²) in [6.07, 6.45) is -9.45. The first-order valence-electron chi connectivity index (χ1n) is 9.36. The fraction of sp³-hybridized carbons (Fsp3) is 0.350. The molecule has 2 aromatic rings. The molecule has 0 saturated carbocycles. The van der Waals surface area contributed by atoms with Crippen molar-refractivity contribution in [3.8, 4) is 0 Å². The standard InChI is InChI=1S/C20H18F6N2O3S/c1-12(13-2-5-16(6-3-13)19(21,22)23)27-32(30,31)17-7-4-15-11-28(9-8-14(15)10-17)18(29)20(24,25)26/h2-7,10,12,27H,8-9,11H2,1H3. The Kier molecular flexibility index (Phi) is 6.31. The minimum atomic E-state index is -4.99. The van der Waals surface area contributed by atoms with Gasteiger partial charge in [0.2, 0.25) is 10.0 Å². The van der Waals surface area contributed by atoms with E-state index in [0.717, 1.165) is 12.1 Å². The molecule has 0 spiro atoms. The largest absolute Gasteiger partial charge is 0.471 e. The van der Waals surface area contributed by atoms with Gasteiger partial charge in [-0.1, -0.05) is 18.2 Å². The highest BCUT2D eigenvalue weighted by molar-refractivity contribution is 7.89. The number of hydrogen-bond donors (Lipinski definition) is 1. The van der Waals surface area contributed by atoms with Gasteiger partial charge in [-0.25, -0.2) is 13.1 Å². The summed E-state index contributed by atoms with van der Waals surface area (Å²) in [5, 5.41) is 0. The van der Waals surface area contributed by atoms with Gasteiger partial charge >= 0.3 is 18.3 Å². The van der Waals surface area contributed by atoms with E-state index in [1.807, 2.05) is 0 Å². The smallest absolute Gasteiger partial charge is 0.330 e. The monoisotopic (exact) mass is 480 g/mol. The number of carbonyl (C=O) groups is 1. The van der Waals surface area contributed by atoms with Gasteiger partial charge in [-0.05, 0) is 54.3 Å². The minimum absolute atomic E-state index is 0.0506. The molecule has 1 aliphatic heterocycles. The number of rotatable bonds is 4. The van der Waals surface area contributed by atoms with E-state index in [1.54, 1.807) is 0 Å². The first kappa shape index (κ1) is 24.1. The van der Waals surface area contributed by atoms with E-state index >= 15 is 0 Å². The quantitative estimate of drug-likeness (QED) is 0.668. The highest BCUT2D eigenvalue weighted by Gasteiger charge is 2.43. The lowest BCUT2D eigenvalue weighted by molar-refractivity contribution is -0.186.